The molecule has 0 aliphatic heterocycles. The second-order valence-electron chi connectivity index (χ2n) is 6.54. The summed E-state index contributed by atoms with van der Waals surface area (Å²) in [5.41, 5.74) is 1.41. The Hall–Kier alpha value is -1.51. The number of hydrogen-bond donors (Lipinski definition) is 1. The number of methoxy groups -OCH3 is 1. The van der Waals surface area contributed by atoms with Crippen LogP contribution in [0.1, 0.15) is 56.4 Å². The van der Waals surface area contributed by atoms with E-state index in [4.69, 9.17) is 4.74 Å². The molecule has 1 aromatic carbocycles. The van der Waals surface area contributed by atoms with Gasteiger partial charge in [-0.3, -0.25) is 4.79 Å². The first-order chi connectivity index (χ1) is 10.2. The van der Waals surface area contributed by atoms with Crippen LogP contribution in [0.25, 0.3) is 0 Å². The van der Waals surface area contributed by atoms with Crippen molar-refractivity contribution in [3.63, 3.8) is 0 Å². The first-order valence-electron chi connectivity index (χ1n) is 8.18. The van der Waals surface area contributed by atoms with Crippen LogP contribution in [0.2, 0.25) is 0 Å². The fourth-order valence-electron chi connectivity index (χ4n) is 3.35. The number of benzene rings is 1. The van der Waals surface area contributed by atoms with E-state index < -0.39 is 0 Å². The maximum atomic E-state index is 11.9. The summed E-state index contributed by atoms with van der Waals surface area (Å²) < 4.78 is 5.21. The number of hydrogen-bond acceptors (Lipinski definition) is 2. The lowest BCUT2D eigenvalue weighted by Gasteiger charge is -2.28. The number of nitrogens with one attached hydrogen (secondary N) is 1. The van der Waals surface area contributed by atoms with Crippen LogP contribution in [0, 0.1) is 5.92 Å². The molecule has 2 fully saturated rings. The molecule has 0 aromatic heterocycles. The van der Waals surface area contributed by atoms with Gasteiger partial charge in [0.1, 0.15) is 5.75 Å². The predicted octanol–water partition coefficient (Wildman–Crippen LogP) is 3.64. The number of ether oxygens (including phenoxy) is 1. The Balaban J connectivity index is 1.46. The Morgan fingerprint density at radius 1 is 1.10 bits per heavy atom. The molecule has 0 atom stereocenters. The van der Waals surface area contributed by atoms with Crippen LogP contribution in [-0.4, -0.2) is 19.1 Å². The molecule has 2 saturated carbocycles. The van der Waals surface area contributed by atoms with E-state index in [1.54, 1.807) is 7.11 Å². The number of rotatable bonds is 5. The van der Waals surface area contributed by atoms with Crippen LogP contribution in [0.4, 0.5) is 0 Å². The molecular formula is C18H25NO2. The summed E-state index contributed by atoms with van der Waals surface area (Å²) in [4.78, 5) is 11.9. The highest BCUT2D eigenvalue weighted by Crippen LogP contribution is 2.37. The van der Waals surface area contributed by atoms with Crippen LogP contribution in [0.5, 0.6) is 5.75 Å². The molecule has 0 saturated heterocycles. The van der Waals surface area contributed by atoms with Crippen LogP contribution in [-0.2, 0) is 4.79 Å². The molecule has 0 heterocycles. The van der Waals surface area contributed by atoms with Crippen molar-refractivity contribution in [2.45, 2.75) is 56.9 Å². The van der Waals surface area contributed by atoms with Gasteiger partial charge in [-0.05, 0) is 68.1 Å². The van der Waals surface area contributed by atoms with Crippen LogP contribution in [0.3, 0.4) is 0 Å². The van der Waals surface area contributed by atoms with E-state index >= 15 is 0 Å². The molecule has 3 heteroatoms. The molecular weight excluding hydrogens is 262 g/mol. The normalized spacial score (nSPS) is 25.4. The predicted molar refractivity (Wildman–Crippen MR) is 83.5 cm³/mol. The van der Waals surface area contributed by atoms with Gasteiger partial charge in [-0.15, -0.1) is 0 Å². The van der Waals surface area contributed by atoms with Crippen LogP contribution < -0.4 is 10.1 Å². The number of amides is 1. The molecule has 2 aliphatic rings. The zero-order valence-corrected chi connectivity index (χ0v) is 12.8. The Bertz CT molecular complexity index is 470. The maximum Gasteiger partial charge on any atom is 0.220 e. The molecule has 114 valence electrons. The topological polar surface area (TPSA) is 38.3 Å². The molecule has 1 N–H and O–H groups in total. The van der Waals surface area contributed by atoms with Crippen molar-refractivity contribution in [2.75, 3.05) is 7.11 Å². The first-order valence-corrected chi connectivity index (χ1v) is 8.18. The van der Waals surface area contributed by atoms with E-state index in [1.165, 1.54) is 44.1 Å². The fraction of sp³-hybridized carbons (Fsp3) is 0.611. The summed E-state index contributed by atoms with van der Waals surface area (Å²) in [5.74, 6) is 2.42. The first kappa shape index (κ1) is 14.4. The Labute approximate surface area is 127 Å². The molecule has 2 aliphatic carbocycles. The summed E-state index contributed by atoms with van der Waals surface area (Å²) in [6.07, 6.45) is 7.84. The molecule has 1 amide bonds. The third-order valence-corrected chi connectivity index (χ3v) is 4.85. The van der Waals surface area contributed by atoms with E-state index in [1.807, 2.05) is 12.1 Å². The van der Waals surface area contributed by atoms with Crippen molar-refractivity contribution < 1.29 is 9.53 Å². The fourth-order valence-corrected chi connectivity index (χ4v) is 3.35. The van der Waals surface area contributed by atoms with Gasteiger partial charge in [-0.2, -0.15) is 0 Å². The molecule has 0 bridgehead atoms. The molecule has 3 rings (SSSR count). The minimum Gasteiger partial charge on any atom is -0.497 e. The van der Waals surface area contributed by atoms with E-state index in [0.717, 1.165) is 12.2 Å². The Morgan fingerprint density at radius 2 is 1.76 bits per heavy atom. The van der Waals surface area contributed by atoms with Gasteiger partial charge in [-0.25, -0.2) is 0 Å². The lowest BCUT2D eigenvalue weighted by Crippen LogP contribution is -2.28. The van der Waals surface area contributed by atoms with Crippen LogP contribution >= 0.6 is 0 Å². The minimum absolute atomic E-state index is 0.269. The highest BCUT2D eigenvalue weighted by Gasteiger charge is 2.27. The van der Waals surface area contributed by atoms with E-state index in [2.05, 4.69) is 17.4 Å². The summed E-state index contributed by atoms with van der Waals surface area (Å²) >= 11 is 0. The number of carbonyl (C=O) groups excluding carboxylic acids is 1. The quantitative estimate of drug-likeness (QED) is 0.898. The van der Waals surface area contributed by atoms with Crippen molar-refractivity contribution >= 4 is 5.91 Å². The van der Waals surface area contributed by atoms with Crippen molar-refractivity contribution in [3.05, 3.63) is 29.8 Å². The maximum absolute atomic E-state index is 11.9. The minimum atomic E-state index is 0.269. The second kappa shape index (κ2) is 6.50. The Morgan fingerprint density at radius 3 is 2.33 bits per heavy atom. The van der Waals surface area contributed by atoms with Gasteiger partial charge in [0.05, 0.1) is 7.11 Å². The third-order valence-electron chi connectivity index (χ3n) is 4.85. The summed E-state index contributed by atoms with van der Waals surface area (Å²) in [7, 11) is 1.70. The SMILES string of the molecule is COc1ccc(C2CCC(CC(=O)NC3CC3)CC2)cc1. The van der Waals surface area contributed by atoms with Crippen molar-refractivity contribution in [3.8, 4) is 5.75 Å². The number of carbonyl (C=O) groups is 1. The second-order valence-corrected chi connectivity index (χ2v) is 6.54. The largest absolute Gasteiger partial charge is 0.497 e. The van der Waals surface area contributed by atoms with E-state index in [-0.39, 0.29) is 5.91 Å². The summed E-state index contributed by atoms with van der Waals surface area (Å²) in [5, 5.41) is 3.10. The van der Waals surface area contributed by atoms with Gasteiger partial charge in [0.2, 0.25) is 5.91 Å². The van der Waals surface area contributed by atoms with Crippen LogP contribution in [0.15, 0.2) is 24.3 Å². The van der Waals surface area contributed by atoms with E-state index in [9.17, 15) is 4.79 Å². The molecule has 21 heavy (non-hydrogen) atoms. The summed E-state index contributed by atoms with van der Waals surface area (Å²) in [6.45, 7) is 0. The van der Waals surface area contributed by atoms with Crippen molar-refractivity contribution in [2.24, 2.45) is 5.92 Å². The van der Waals surface area contributed by atoms with Gasteiger partial charge in [0, 0.05) is 12.5 Å². The highest BCUT2D eigenvalue weighted by molar-refractivity contribution is 5.76. The van der Waals surface area contributed by atoms with Gasteiger partial charge in [-0.1, -0.05) is 12.1 Å². The zero-order valence-electron chi connectivity index (χ0n) is 12.8. The van der Waals surface area contributed by atoms with Gasteiger partial charge in [0.25, 0.3) is 0 Å². The lowest BCUT2D eigenvalue weighted by molar-refractivity contribution is -0.122. The molecule has 0 unspecified atom stereocenters. The average molecular weight is 287 g/mol. The molecule has 0 radical (unpaired) electrons. The lowest BCUT2D eigenvalue weighted by atomic mass is 9.77. The molecule has 0 spiro atoms. The average Bonchev–Trinajstić information content (AvgIpc) is 3.32. The highest BCUT2D eigenvalue weighted by atomic mass is 16.5. The van der Waals surface area contributed by atoms with Crippen molar-refractivity contribution in [1.82, 2.24) is 5.32 Å². The van der Waals surface area contributed by atoms with Crippen molar-refractivity contribution in [1.29, 1.82) is 0 Å². The smallest absolute Gasteiger partial charge is 0.220 e. The van der Waals surface area contributed by atoms with Gasteiger partial charge >= 0.3 is 0 Å². The molecule has 1 aromatic rings. The van der Waals surface area contributed by atoms with E-state index in [0.29, 0.717) is 17.9 Å². The standard InChI is InChI=1S/C18H25NO2/c1-21-17-10-6-15(7-11-17)14-4-2-13(3-5-14)12-18(20)19-16-8-9-16/h6-7,10-11,13-14,16H,2-5,8-9,12H2,1H3,(H,19,20). The third kappa shape index (κ3) is 3.99. The summed E-state index contributed by atoms with van der Waals surface area (Å²) in [6, 6.07) is 8.95. The molecule has 3 nitrogen and oxygen atoms in total. The zero-order chi connectivity index (χ0) is 14.7. The Kier molecular flexibility index (Phi) is 4.47. The van der Waals surface area contributed by atoms with Gasteiger partial charge in [0.15, 0.2) is 0 Å². The monoisotopic (exact) mass is 287 g/mol. The van der Waals surface area contributed by atoms with Gasteiger partial charge < -0.3 is 10.1 Å².